The number of rotatable bonds is 5. The minimum Gasteiger partial charge on any atom is -0.507 e. The zero-order chi connectivity index (χ0) is 30.6. The predicted molar refractivity (Wildman–Crippen MR) is 169 cm³/mol. The van der Waals surface area contributed by atoms with Gasteiger partial charge in [-0.2, -0.15) is 0 Å². The topological polar surface area (TPSA) is 60.7 Å². The van der Waals surface area contributed by atoms with Crippen molar-refractivity contribution < 1.29 is 15.3 Å². The highest BCUT2D eigenvalue weighted by atomic mass is 16.3. The highest BCUT2D eigenvalue weighted by molar-refractivity contribution is 5.60. The summed E-state index contributed by atoms with van der Waals surface area (Å²) >= 11 is 0. The van der Waals surface area contributed by atoms with Gasteiger partial charge >= 0.3 is 0 Å². The molecule has 0 fully saturated rings. The summed E-state index contributed by atoms with van der Waals surface area (Å²) in [6.45, 7) is 27.4. The van der Waals surface area contributed by atoms with E-state index in [1.807, 2.05) is 39.0 Å². The van der Waals surface area contributed by atoms with Crippen molar-refractivity contribution in [3.8, 4) is 17.2 Å². The third-order valence-corrected chi connectivity index (χ3v) is 8.58. The molecule has 0 radical (unpaired) electrons. The SMILES string of the molecule is Cc1ccc(CCC(C)(c2ccc(C)c(C(C)(C)C)c2O)c2ccc(C)c(C(C)(C)C)c2O)c(O)c1C(C)(C)C. The molecule has 3 N–H and O–H groups in total. The average molecular weight is 545 g/mol. The molecule has 0 unspecified atom stereocenters. The molecule has 0 heterocycles. The molecule has 0 aliphatic rings. The van der Waals surface area contributed by atoms with E-state index in [0.717, 1.165) is 50.1 Å². The summed E-state index contributed by atoms with van der Waals surface area (Å²) in [6.07, 6.45) is 1.18. The molecule has 0 bridgehead atoms. The number of phenols is 3. The molecule has 0 aromatic heterocycles. The molecule has 218 valence electrons. The minimum atomic E-state index is -0.727. The number of phenolic OH excluding ortho intramolecular Hbond substituents is 3. The summed E-state index contributed by atoms with van der Waals surface area (Å²) in [5.74, 6) is 0.924. The molecule has 0 amide bonds. The summed E-state index contributed by atoms with van der Waals surface area (Å²) in [6, 6.07) is 12.3. The molecular weight excluding hydrogens is 492 g/mol. The van der Waals surface area contributed by atoms with E-state index in [-0.39, 0.29) is 27.7 Å². The maximum atomic E-state index is 11.9. The Morgan fingerprint density at radius 3 is 1.15 bits per heavy atom. The highest BCUT2D eigenvalue weighted by Gasteiger charge is 2.38. The van der Waals surface area contributed by atoms with E-state index in [0.29, 0.717) is 18.6 Å². The summed E-state index contributed by atoms with van der Waals surface area (Å²) in [7, 11) is 0. The Kier molecular flexibility index (Phi) is 8.27. The normalized spacial score (nSPS) is 13.1. The van der Waals surface area contributed by atoms with Gasteiger partial charge in [0.1, 0.15) is 17.2 Å². The van der Waals surface area contributed by atoms with Gasteiger partial charge in [-0.15, -0.1) is 0 Å². The minimum absolute atomic E-state index is 0.193. The van der Waals surface area contributed by atoms with E-state index in [1.165, 1.54) is 0 Å². The smallest absolute Gasteiger partial charge is 0.123 e. The van der Waals surface area contributed by atoms with Crippen LogP contribution in [0.25, 0.3) is 0 Å². The number of benzene rings is 3. The van der Waals surface area contributed by atoms with Crippen LogP contribution in [0.5, 0.6) is 17.2 Å². The van der Waals surface area contributed by atoms with Crippen molar-refractivity contribution in [2.24, 2.45) is 0 Å². The van der Waals surface area contributed by atoms with Crippen LogP contribution >= 0.6 is 0 Å². The first-order valence-corrected chi connectivity index (χ1v) is 14.6. The maximum Gasteiger partial charge on any atom is 0.123 e. The molecule has 0 aliphatic heterocycles. The standard InChI is InChI=1S/C37H52O3/c1-22-14-17-25(31(38)28(22)34(4,5)6)20-21-37(13,26-18-15-23(2)29(32(26)39)35(7,8)9)27-19-16-24(3)30(33(27)40)36(10,11)12/h14-19,38-40H,20-21H2,1-13H3. The fourth-order valence-corrected chi connectivity index (χ4v) is 6.85. The first-order chi connectivity index (χ1) is 18.1. The molecule has 0 saturated heterocycles. The van der Waals surface area contributed by atoms with Crippen molar-refractivity contribution in [3.05, 3.63) is 86.5 Å². The van der Waals surface area contributed by atoms with Crippen LogP contribution in [-0.2, 0) is 28.1 Å². The molecule has 0 atom stereocenters. The molecule has 3 aromatic carbocycles. The van der Waals surface area contributed by atoms with Gasteiger partial charge in [-0.25, -0.2) is 0 Å². The lowest BCUT2D eigenvalue weighted by molar-refractivity contribution is 0.392. The monoisotopic (exact) mass is 544 g/mol. The van der Waals surface area contributed by atoms with E-state index in [9.17, 15) is 15.3 Å². The third kappa shape index (κ3) is 5.76. The van der Waals surface area contributed by atoms with Gasteiger partial charge in [-0.05, 0) is 72.1 Å². The van der Waals surface area contributed by atoms with Crippen molar-refractivity contribution in [2.75, 3.05) is 0 Å². The van der Waals surface area contributed by atoms with E-state index >= 15 is 0 Å². The summed E-state index contributed by atoms with van der Waals surface area (Å²) < 4.78 is 0. The van der Waals surface area contributed by atoms with E-state index in [1.54, 1.807) is 0 Å². The van der Waals surface area contributed by atoms with E-state index in [2.05, 4.69) is 87.4 Å². The average Bonchev–Trinajstić information content (AvgIpc) is 2.75. The number of aryl methyl sites for hydroxylation is 4. The molecule has 0 aliphatic carbocycles. The van der Waals surface area contributed by atoms with E-state index in [4.69, 9.17) is 0 Å². The molecule has 0 spiro atoms. The molecule has 3 heteroatoms. The second-order valence-electron chi connectivity index (χ2n) is 15.2. The first kappa shape index (κ1) is 31.6. The van der Waals surface area contributed by atoms with Gasteiger partial charge in [-0.1, -0.05) is 106 Å². The lowest BCUT2D eigenvalue weighted by Crippen LogP contribution is -2.28. The fourth-order valence-electron chi connectivity index (χ4n) is 6.85. The van der Waals surface area contributed by atoms with Crippen LogP contribution in [0.3, 0.4) is 0 Å². The Bertz CT molecular complexity index is 1340. The van der Waals surface area contributed by atoms with Crippen LogP contribution < -0.4 is 0 Å². The molecular formula is C37H52O3. The molecule has 3 nitrogen and oxygen atoms in total. The lowest BCUT2D eigenvalue weighted by Gasteiger charge is -2.37. The molecule has 3 aromatic rings. The summed E-state index contributed by atoms with van der Waals surface area (Å²) in [5, 5.41) is 35.2. The Morgan fingerprint density at radius 2 is 0.800 bits per heavy atom. The van der Waals surface area contributed by atoms with Crippen LogP contribution in [-0.4, -0.2) is 15.3 Å². The second-order valence-corrected chi connectivity index (χ2v) is 15.2. The van der Waals surface area contributed by atoms with Crippen LogP contribution in [0.15, 0.2) is 36.4 Å². The second kappa shape index (κ2) is 10.5. The Labute approximate surface area is 243 Å². The zero-order valence-corrected chi connectivity index (χ0v) is 27.2. The Balaban J connectivity index is 2.32. The van der Waals surface area contributed by atoms with Gasteiger partial charge < -0.3 is 15.3 Å². The van der Waals surface area contributed by atoms with Gasteiger partial charge in [0.2, 0.25) is 0 Å². The van der Waals surface area contributed by atoms with Gasteiger partial charge in [0, 0.05) is 33.2 Å². The first-order valence-electron chi connectivity index (χ1n) is 14.6. The van der Waals surface area contributed by atoms with Crippen molar-refractivity contribution >= 4 is 0 Å². The van der Waals surface area contributed by atoms with E-state index < -0.39 is 5.41 Å². The van der Waals surface area contributed by atoms with Crippen LogP contribution in [0, 0.1) is 20.8 Å². The molecule has 0 saturated carbocycles. The number of hydrogen-bond acceptors (Lipinski definition) is 3. The highest BCUT2D eigenvalue weighted by Crippen LogP contribution is 2.50. The number of aromatic hydroxyl groups is 3. The summed E-state index contributed by atoms with van der Waals surface area (Å²) in [4.78, 5) is 0. The van der Waals surface area contributed by atoms with Crippen molar-refractivity contribution in [3.63, 3.8) is 0 Å². The van der Waals surface area contributed by atoms with Crippen LogP contribution in [0.4, 0.5) is 0 Å². The van der Waals surface area contributed by atoms with Crippen LogP contribution in [0.2, 0.25) is 0 Å². The largest absolute Gasteiger partial charge is 0.507 e. The van der Waals surface area contributed by atoms with Gasteiger partial charge in [-0.3, -0.25) is 0 Å². The van der Waals surface area contributed by atoms with Crippen LogP contribution in [0.1, 0.15) is 126 Å². The predicted octanol–water partition coefficient (Wildman–Crippen LogP) is 9.56. The maximum absolute atomic E-state index is 11.9. The van der Waals surface area contributed by atoms with Gasteiger partial charge in [0.05, 0.1) is 0 Å². The third-order valence-electron chi connectivity index (χ3n) is 8.58. The Morgan fingerprint density at radius 1 is 0.475 bits per heavy atom. The lowest BCUT2D eigenvalue weighted by atomic mass is 9.68. The van der Waals surface area contributed by atoms with Crippen molar-refractivity contribution in [1.82, 2.24) is 0 Å². The van der Waals surface area contributed by atoms with Gasteiger partial charge in [0.25, 0.3) is 0 Å². The fraction of sp³-hybridized carbons (Fsp3) is 0.514. The summed E-state index contributed by atoms with van der Waals surface area (Å²) in [5.41, 5.74) is 7.02. The van der Waals surface area contributed by atoms with Gasteiger partial charge in [0.15, 0.2) is 0 Å². The molecule has 40 heavy (non-hydrogen) atoms. The molecule has 3 rings (SSSR count). The quantitative estimate of drug-likeness (QED) is 0.300. The van der Waals surface area contributed by atoms with Crippen molar-refractivity contribution in [1.29, 1.82) is 0 Å². The zero-order valence-electron chi connectivity index (χ0n) is 27.2. The van der Waals surface area contributed by atoms with Crippen molar-refractivity contribution in [2.45, 2.75) is 125 Å². The number of hydrogen-bond donors (Lipinski definition) is 3. The Hall–Kier alpha value is -2.94.